The van der Waals surface area contributed by atoms with Crippen LogP contribution in [0.5, 0.6) is 11.5 Å². The van der Waals surface area contributed by atoms with Crippen LogP contribution in [0, 0.1) is 0 Å². The number of aliphatic carboxylic acids is 1. The molecular weight excluding hydrogens is 512 g/mol. The summed E-state index contributed by atoms with van der Waals surface area (Å²) in [5.41, 5.74) is 2.01. The van der Waals surface area contributed by atoms with Crippen LogP contribution in [-0.4, -0.2) is 41.2 Å². The molecule has 1 fully saturated rings. The van der Waals surface area contributed by atoms with E-state index in [1.807, 2.05) is 19.1 Å². The Balaban J connectivity index is 1.99. The Kier molecular flexibility index (Phi) is 7.83. The molecule has 0 aliphatic carbocycles. The Labute approximate surface area is 204 Å². The number of ether oxygens (including phenoxy) is 2. The lowest BCUT2D eigenvalue weighted by Gasteiger charge is -2.29. The van der Waals surface area contributed by atoms with Gasteiger partial charge in [-0.3, -0.25) is 19.8 Å². The molecule has 1 aliphatic rings. The zero-order valence-electron chi connectivity index (χ0n) is 17.9. The van der Waals surface area contributed by atoms with Crippen molar-refractivity contribution in [2.24, 2.45) is 0 Å². The van der Waals surface area contributed by atoms with E-state index in [4.69, 9.17) is 26.8 Å². The Hall–Kier alpha value is -3.24. The van der Waals surface area contributed by atoms with Gasteiger partial charge in [0, 0.05) is 0 Å². The van der Waals surface area contributed by atoms with E-state index >= 15 is 0 Å². The van der Waals surface area contributed by atoms with Gasteiger partial charge < -0.3 is 14.6 Å². The van der Waals surface area contributed by atoms with Gasteiger partial charge in [0.15, 0.2) is 23.2 Å². The van der Waals surface area contributed by atoms with Gasteiger partial charge in [0.1, 0.15) is 5.57 Å². The van der Waals surface area contributed by atoms with Crippen molar-refractivity contribution in [2.75, 3.05) is 18.1 Å². The molecule has 2 aromatic rings. The fraction of sp³-hybridized carbons (Fsp3) is 0.217. The maximum absolute atomic E-state index is 13.2. The van der Waals surface area contributed by atoms with Gasteiger partial charge in [0.05, 0.1) is 16.8 Å². The van der Waals surface area contributed by atoms with E-state index in [1.165, 1.54) is 11.0 Å². The molecule has 0 unspecified atom stereocenters. The first-order valence-corrected chi connectivity index (χ1v) is 11.3. The van der Waals surface area contributed by atoms with Crippen molar-refractivity contribution in [3.8, 4) is 11.5 Å². The third-order valence-corrected chi connectivity index (χ3v) is 5.56. The molecule has 0 radical (unpaired) electrons. The molecule has 2 N–H and O–H groups in total. The average molecular weight is 533 g/mol. The number of halogens is 1. The molecule has 1 heterocycles. The highest BCUT2D eigenvalue weighted by molar-refractivity contribution is 9.10. The molecule has 0 spiro atoms. The molecule has 0 bridgehead atoms. The number of thiocarbonyl (C=S) groups is 1. The van der Waals surface area contributed by atoms with Gasteiger partial charge in [-0.05, 0) is 83.0 Å². The monoisotopic (exact) mass is 532 g/mol. The predicted octanol–water partition coefficient (Wildman–Crippen LogP) is 3.70. The first kappa shape index (κ1) is 24.4. The molecule has 8 nitrogen and oxygen atoms in total. The van der Waals surface area contributed by atoms with Crippen molar-refractivity contribution in [3.63, 3.8) is 0 Å². The molecule has 0 aromatic heterocycles. The second-order valence-corrected chi connectivity index (χ2v) is 8.16. The van der Waals surface area contributed by atoms with Gasteiger partial charge in [-0.2, -0.15) is 0 Å². The number of carboxylic acid groups (broad SMARTS) is 1. The van der Waals surface area contributed by atoms with Crippen LogP contribution >= 0.6 is 28.1 Å². The highest BCUT2D eigenvalue weighted by Crippen LogP contribution is 2.38. The van der Waals surface area contributed by atoms with E-state index in [-0.39, 0.29) is 22.2 Å². The molecule has 0 atom stereocenters. The van der Waals surface area contributed by atoms with Crippen molar-refractivity contribution in [1.29, 1.82) is 0 Å². The molecule has 10 heteroatoms. The van der Waals surface area contributed by atoms with Crippen LogP contribution < -0.4 is 19.7 Å². The summed E-state index contributed by atoms with van der Waals surface area (Å²) in [6.45, 7) is 3.54. The standard InChI is InChI=1S/C23H21BrN2O6S/c1-3-13-5-7-15(8-6-13)26-22(30)16(21(29)25-23(26)33)9-14-10-17(24)20(32-12-19(27)28)18(11-14)31-4-2/h5-11H,3-4,12H2,1-2H3,(H,27,28)(H,25,29,33)/b16-9+. The third-order valence-electron chi connectivity index (χ3n) is 4.69. The summed E-state index contributed by atoms with van der Waals surface area (Å²) in [5.74, 6) is -1.84. The van der Waals surface area contributed by atoms with Crippen molar-refractivity contribution in [1.82, 2.24) is 5.32 Å². The van der Waals surface area contributed by atoms with Crippen LogP contribution in [0.1, 0.15) is 25.0 Å². The topological polar surface area (TPSA) is 105 Å². The number of amides is 2. The van der Waals surface area contributed by atoms with Crippen LogP contribution in [0.15, 0.2) is 46.4 Å². The van der Waals surface area contributed by atoms with Crippen LogP contribution in [-0.2, 0) is 20.8 Å². The number of carboxylic acids is 1. The number of hydrogen-bond acceptors (Lipinski definition) is 6. The number of rotatable bonds is 8. The minimum absolute atomic E-state index is 0.00000273. The smallest absolute Gasteiger partial charge is 0.341 e. The summed E-state index contributed by atoms with van der Waals surface area (Å²) in [4.78, 5) is 38.0. The van der Waals surface area contributed by atoms with E-state index in [0.717, 1.165) is 12.0 Å². The lowest BCUT2D eigenvalue weighted by Crippen LogP contribution is -2.54. The SMILES string of the molecule is CCOc1cc(/C=C2\C(=O)NC(=S)N(c3ccc(CC)cc3)C2=O)cc(Br)c1OCC(=O)O. The quantitative estimate of drug-likeness (QED) is 0.303. The number of benzene rings is 2. The highest BCUT2D eigenvalue weighted by atomic mass is 79.9. The molecule has 33 heavy (non-hydrogen) atoms. The van der Waals surface area contributed by atoms with Crippen LogP contribution in [0.3, 0.4) is 0 Å². The zero-order valence-corrected chi connectivity index (χ0v) is 20.3. The van der Waals surface area contributed by atoms with Crippen LogP contribution in [0.2, 0.25) is 0 Å². The first-order valence-electron chi connectivity index (χ1n) is 10.1. The number of anilines is 1. The van der Waals surface area contributed by atoms with E-state index in [0.29, 0.717) is 22.3 Å². The Morgan fingerprint density at radius 3 is 2.48 bits per heavy atom. The maximum atomic E-state index is 13.2. The normalized spacial score (nSPS) is 14.9. The lowest BCUT2D eigenvalue weighted by atomic mass is 10.1. The van der Waals surface area contributed by atoms with E-state index in [1.54, 1.807) is 31.2 Å². The number of aryl methyl sites for hydroxylation is 1. The van der Waals surface area contributed by atoms with E-state index < -0.39 is 24.4 Å². The minimum Gasteiger partial charge on any atom is -0.490 e. The number of nitrogens with zero attached hydrogens (tertiary/aromatic N) is 1. The maximum Gasteiger partial charge on any atom is 0.341 e. The molecule has 172 valence electrons. The van der Waals surface area contributed by atoms with Gasteiger partial charge in [-0.25, -0.2) is 4.79 Å². The Bertz CT molecular complexity index is 1150. The number of carbonyl (C=O) groups is 3. The Morgan fingerprint density at radius 1 is 1.18 bits per heavy atom. The van der Waals surface area contributed by atoms with Crippen molar-refractivity contribution in [2.45, 2.75) is 20.3 Å². The van der Waals surface area contributed by atoms with Crippen molar-refractivity contribution >= 4 is 62.8 Å². The van der Waals surface area contributed by atoms with Crippen LogP contribution in [0.4, 0.5) is 5.69 Å². The fourth-order valence-electron chi connectivity index (χ4n) is 3.15. The number of nitrogens with one attached hydrogen (secondary N) is 1. The molecule has 2 aromatic carbocycles. The van der Waals surface area contributed by atoms with Gasteiger partial charge in [-0.1, -0.05) is 19.1 Å². The predicted molar refractivity (Wildman–Crippen MR) is 130 cm³/mol. The van der Waals surface area contributed by atoms with E-state index in [9.17, 15) is 14.4 Å². The summed E-state index contributed by atoms with van der Waals surface area (Å²) < 4.78 is 11.3. The van der Waals surface area contributed by atoms with Gasteiger partial charge in [0.25, 0.3) is 11.8 Å². The summed E-state index contributed by atoms with van der Waals surface area (Å²) in [6.07, 6.45) is 2.27. The first-order chi connectivity index (χ1) is 15.7. The highest BCUT2D eigenvalue weighted by Gasteiger charge is 2.34. The van der Waals surface area contributed by atoms with Crippen molar-refractivity contribution in [3.05, 3.63) is 57.6 Å². The van der Waals surface area contributed by atoms with Gasteiger partial charge in [-0.15, -0.1) is 0 Å². The van der Waals surface area contributed by atoms with Crippen LogP contribution in [0.25, 0.3) is 6.08 Å². The van der Waals surface area contributed by atoms with Gasteiger partial charge >= 0.3 is 5.97 Å². The second-order valence-electron chi connectivity index (χ2n) is 6.92. The Morgan fingerprint density at radius 2 is 1.88 bits per heavy atom. The number of carbonyl (C=O) groups excluding carboxylic acids is 2. The lowest BCUT2D eigenvalue weighted by molar-refractivity contribution is -0.139. The third kappa shape index (κ3) is 5.58. The summed E-state index contributed by atoms with van der Waals surface area (Å²) in [5, 5.41) is 11.4. The number of hydrogen-bond donors (Lipinski definition) is 2. The molecule has 2 amide bonds. The van der Waals surface area contributed by atoms with Crippen molar-refractivity contribution < 1.29 is 29.0 Å². The largest absolute Gasteiger partial charge is 0.490 e. The molecule has 0 saturated carbocycles. The molecule has 3 rings (SSSR count). The second kappa shape index (κ2) is 10.6. The summed E-state index contributed by atoms with van der Waals surface area (Å²) >= 11 is 8.58. The van der Waals surface area contributed by atoms with Gasteiger partial charge in [0.2, 0.25) is 0 Å². The summed E-state index contributed by atoms with van der Waals surface area (Å²) in [7, 11) is 0. The zero-order chi connectivity index (χ0) is 24.1. The molecular formula is C23H21BrN2O6S. The van der Waals surface area contributed by atoms with E-state index in [2.05, 4.69) is 21.2 Å². The average Bonchev–Trinajstić information content (AvgIpc) is 2.76. The summed E-state index contributed by atoms with van der Waals surface area (Å²) in [6, 6.07) is 10.5. The molecule has 1 aliphatic heterocycles. The molecule has 1 saturated heterocycles. The minimum atomic E-state index is -1.14. The fourth-order valence-corrected chi connectivity index (χ4v) is 4.00.